The zero-order chi connectivity index (χ0) is 15.5. The van der Waals surface area contributed by atoms with E-state index in [2.05, 4.69) is 58.7 Å². The number of hydrogen-bond donors (Lipinski definition) is 2. The lowest BCUT2D eigenvalue weighted by molar-refractivity contribution is 0.424. The molecule has 1 aromatic carbocycles. The summed E-state index contributed by atoms with van der Waals surface area (Å²) in [5, 5.41) is 7.23. The summed E-state index contributed by atoms with van der Waals surface area (Å²) in [5.41, 5.74) is 5.14. The Bertz CT molecular complexity index is 653. The molecule has 2 unspecified atom stereocenters. The summed E-state index contributed by atoms with van der Waals surface area (Å²) in [6.07, 6.45) is 3.03. The normalized spacial score (nSPS) is 18.8. The van der Waals surface area contributed by atoms with Gasteiger partial charge in [0, 0.05) is 42.6 Å². The number of benzene rings is 1. The predicted molar refractivity (Wildman–Crippen MR) is 88.7 cm³/mol. The van der Waals surface area contributed by atoms with Crippen molar-refractivity contribution in [3.8, 4) is 0 Å². The Balaban J connectivity index is 1.59. The Morgan fingerprint density at radius 3 is 2.82 bits per heavy atom. The van der Waals surface area contributed by atoms with E-state index in [1.807, 2.05) is 13.1 Å². The first-order valence-electron chi connectivity index (χ1n) is 7.97. The minimum absolute atomic E-state index is 0.263. The number of nitrogens with one attached hydrogen (secondary N) is 2. The highest BCUT2D eigenvalue weighted by atomic mass is 15.0. The lowest BCUT2D eigenvalue weighted by Gasteiger charge is -2.28. The number of aryl methyl sites for hydroxylation is 2. The van der Waals surface area contributed by atoms with Crippen molar-refractivity contribution >= 4 is 0 Å². The van der Waals surface area contributed by atoms with Crippen molar-refractivity contribution in [1.82, 2.24) is 20.6 Å². The molecule has 0 saturated heterocycles. The largest absolute Gasteiger partial charge is 0.309 e. The van der Waals surface area contributed by atoms with Gasteiger partial charge in [-0.3, -0.25) is 0 Å². The Morgan fingerprint density at radius 1 is 1.27 bits per heavy atom. The first-order chi connectivity index (χ1) is 10.6. The van der Waals surface area contributed by atoms with E-state index in [4.69, 9.17) is 0 Å². The molecule has 2 atom stereocenters. The van der Waals surface area contributed by atoms with E-state index in [0.29, 0.717) is 6.04 Å². The van der Waals surface area contributed by atoms with Crippen LogP contribution in [0.15, 0.2) is 30.5 Å². The van der Waals surface area contributed by atoms with E-state index in [0.717, 1.165) is 31.0 Å². The van der Waals surface area contributed by atoms with Crippen molar-refractivity contribution in [1.29, 1.82) is 0 Å². The molecular formula is C18H24N4. The molecule has 0 aliphatic carbocycles. The molecule has 22 heavy (non-hydrogen) atoms. The van der Waals surface area contributed by atoms with E-state index in [1.54, 1.807) is 0 Å². The van der Waals surface area contributed by atoms with E-state index in [9.17, 15) is 0 Å². The lowest BCUT2D eigenvalue weighted by atomic mass is 9.95. The lowest BCUT2D eigenvalue weighted by Crippen LogP contribution is -2.43. The second-order valence-electron chi connectivity index (χ2n) is 6.14. The second kappa shape index (κ2) is 6.55. The third-order valence-electron chi connectivity index (χ3n) is 4.44. The molecule has 0 saturated carbocycles. The maximum Gasteiger partial charge on any atom is 0.125 e. The van der Waals surface area contributed by atoms with Crippen molar-refractivity contribution in [3.63, 3.8) is 0 Å². The summed E-state index contributed by atoms with van der Waals surface area (Å²) in [5.74, 6) is 0.832. The zero-order valence-corrected chi connectivity index (χ0v) is 13.6. The molecule has 116 valence electrons. The topological polar surface area (TPSA) is 49.8 Å². The van der Waals surface area contributed by atoms with Crippen LogP contribution in [-0.2, 0) is 13.0 Å². The molecule has 1 aromatic heterocycles. The molecule has 1 aliphatic heterocycles. The fraction of sp³-hybridized carbons (Fsp3) is 0.444. The summed E-state index contributed by atoms with van der Waals surface area (Å²) in [4.78, 5) is 8.77. The molecule has 4 nitrogen and oxygen atoms in total. The van der Waals surface area contributed by atoms with Gasteiger partial charge in [0.15, 0.2) is 0 Å². The van der Waals surface area contributed by atoms with Crippen LogP contribution >= 0.6 is 0 Å². The summed E-state index contributed by atoms with van der Waals surface area (Å²) in [7, 11) is 0. The van der Waals surface area contributed by atoms with Crippen LogP contribution in [0.1, 0.15) is 41.2 Å². The fourth-order valence-corrected chi connectivity index (χ4v) is 3.11. The standard InChI is InChI=1S/C18H24N4/c1-12(18-11-20-14(3)22-13(18)2)19-10-17-8-15-6-4-5-7-16(15)9-21-17/h4-7,11-12,17,19,21H,8-10H2,1-3H3. The van der Waals surface area contributed by atoms with Crippen molar-refractivity contribution < 1.29 is 0 Å². The molecule has 2 aromatic rings. The van der Waals surface area contributed by atoms with E-state index in [-0.39, 0.29) is 6.04 Å². The molecule has 2 heterocycles. The molecular weight excluding hydrogens is 272 g/mol. The van der Waals surface area contributed by atoms with Gasteiger partial charge in [-0.2, -0.15) is 0 Å². The molecule has 0 spiro atoms. The van der Waals surface area contributed by atoms with Crippen LogP contribution < -0.4 is 10.6 Å². The van der Waals surface area contributed by atoms with E-state index in [1.165, 1.54) is 16.7 Å². The van der Waals surface area contributed by atoms with Crippen molar-refractivity contribution in [2.45, 2.75) is 45.8 Å². The van der Waals surface area contributed by atoms with E-state index < -0.39 is 0 Å². The third-order valence-corrected chi connectivity index (χ3v) is 4.44. The predicted octanol–water partition coefficient (Wildman–Crippen LogP) is 2.46. The number of fused-ring (bicyclic) bond motifs is 1. The molecule has 1 aliphatic rings. The van der Waals surface area contributed by atoms with Gasteiger partial charge < -0.3 is 10.6 Å². The fourth-order valence-electron chi connectivity index (χ4n) is 3.11. The SMILES string of the molecule is Cc1ncc(C(C)NCC2Cc3ccccc3CN2)c(C)n1. The van der Waals surface area contributed by atoms with Crippen LogP contribution in [0.2, 0.25) is 0 Å². The molecule has 0 bridgehead atoms. The van der Waals surface area contributed by atoms with Crippen LogP contribution in [-0.4, -0.2) is 22.6 Å². The molecule has 0 fully saturated rings. The number of hydrogen-bond acceptors (Lipinski definition) is 4. The summed E-state index contributed by atoms with van der Waals surface area (Å²) < 4.78 is 0. The Kier molecular flexibility index (Phi) is 4.50. The van der Waals surface area contributed by atoms with Gasteiger partial charge in [0.25, 0.3) is 0 Å². The molecule has 2 N–H and O–H groups in total. The van der Waals surface area contributed by atoms with Crippen LogP contribution in [0.5, 0.6) is 0 Å². The monoisotopic (exact) mass is 296 g/mol. The van der Waals surface area contributed by atoms with Gasteiger partial charge in [0.05, 0.1) is 0 Å². The highest BCUT2D eigenvalue weighted by molar-refractivity contribution is 5.30. The Hall–Kier alpha value is -1.78. The van der Waals surface area contributed by atoms with E-state index >= 15 is 0 Å². The minimum Gasteiger partial charge on any atom is -0.309 e. The minimum atomic E-state index is 0.263. The van der Waals surface area contributed by atoms with Gasteiger partial charge >= 0.3 is 0 Å². The average Bonchev–Trinajstić information content (AvgIpc) is 2.52. The first-order valence-corrected chi connectivity index (χ1v) is 7.97. The van der Waals surface area contributed by atoms with Gasteiger partial charge in [-0.05, 0) is 38.3 Å². The zero-order valence-electron chi connectivity index (χ0n) is 13.6. The maximum atomic E-state index is 4.45. The molecule has 0 amide bonds. The van der Waals surface area contributed by atoms with Crippen molar-refractivity contribution in [2.75, 3.05) is 6.54 Å². The van der Waals surface area contributed by atoms with Gasteiger partial charge in [-0.25, -0.2) is 9.97 Å². The Labute approximate surface area is 132 Å². The first kappa shape index (κ1) is 15.1. The van der Waals surface area contributed by atoms with Crippen LogP contribution in [0.3, 0.4) is 0 Å². The molecule has 0 radical (unpaired) electrons. The highest BCUT2D eigenvalue weighted by Gasteiger charge is 2.18. The number of rotatable bonds is 4. The summed E-state index contributed by atoms with van der Waals surface area (Å²) in [6.45, 7) is 8.07. The average molecular weight is 296 g/mol. The van der Waals surface area contributed by atoms with Crippen molar-refractivity contribution in [3.05, 3.63) is 58.7 Å². The van der Waals surface area contributed by atoms with Gasteiger partial charge in [0.1, 0.15) is 5.82 Å². The van der Waals surface area contributed by atoms with Crippen molar-refractivity contribution in [2.24, 2.45) is 0 Å². The second-order valence-corrected chi connectivity index (χ2v) is 6.14. The molecule has 3 rings (SSSR count). The highest BCUT2D eigenvalue weighted by Crippen LogP contribution is 2.18. The third kappa shape index (κ3) is 3.34. The smallest absolute Gasteiger partial charge is 0.125 e. The van der Waals surface area contributed by atoms with Gasteiger partial charge in [-0.15, -0.1) is 0 Å². The number of aromatic nitrogens is 2. The van der Waals surface area contributed by atoms with Gasteiger partial charge in [0.2, 0.25) is 0 Å². The van der Waals surface area contributed by atoms with Crippen LogP contribution in [0.25, 0.3) is 0 Å². The molecule has 4 heteroatoms. The van der Waals surface area contributed by atoms with Crippen LogP contribution in [0, 0.1) is 13.8 Å². The summed E-state index contributed by atoms with van der Waals surface area (Å²) in [6, 6.07) is 9.43. The van der Waals surface area contributed by atoms with Gasteiger partial charge in [-0.1, -0.05) is 24.3 Å². The number of nitrogens with zero attached hydrogens (tertiary/aromatic N) is 2. The summed E-state index contributed by atoms with van der Waals surface area (Å²) >= 11 is 0. The Morgan fingerprint density at radius 2 is 2.05 bits per heavy atom. The van der Waals surface area contributed by atoms with Crippen LogP contribution in [0.4, 0.5) is 0 Å². The maximum absolute atomic E-state index is 4.45. The quantitative estimate of drug-likeness (QED) is 0.910.